The molecular formula is C31H35N5O4. The quantitative estimate of drug-likeness (QED) is 0.487. The molecule has 2 N–H and O–H groups in total. The molecule has 3 aromatic rings. The summed E-state index contributed by atoms with van der Waals surface area (Å²) < 4.78 is 10.9. The van der Waals surface area contributed by atoms with Gasteiger partial charge in [-0.1, -0.05) is 12.1 Å². The van der Waals surface area contributed by atoms with Crippen LogP contribution < -0.4 is 15.2 Å². The highest BCUT2D eigenvalue weighted by Crippen LogP contribution is 2.48. The van der Waals surface area contributed by atoms with E-state index in [2.05, 4.69) is 33.1 Å². The lowest BCUT2D eigenvalue weighted by Crippen LogP contribution is -2.61. The molecule has 1 spiro atoms. The second-order valence-corrected chi connectivity index (χ2v) is 11.3. The van der Waals surface area contributed by atoms with Gasteiger partial charge in [-0.05, 0) is 79.5 Å². The number of carbonyl (C=O) groups excluding carboxylic acids is 2. The predicted octanol–water partition coefficient (Wildman–Crippen LogP) is 3.55. The number of hydrogen-bond donors (Lipinski definition) is 1. The first kappa shape index (κ1) is 26.3. The van der Waals surface area contributed by atoms with E-state index in [1.807, 2.05) is 17.9 Å². The number of primary amides is 1. The lowest BCUT2D eigenvalue weighted by atomic mass is 9.71. The van der Waals surface area contributed by atoms with Crippen molar-refractivity contribution in [3.8, 4) is 22.8 Å². The predicted molar refractivity (Wildman–Crippen MR) is 150 cm³/mol. The van der Waals surface area contributed by atoms with Crippen LogP contribution in [0.15, 0.2) is 48.8 Å². The van der Waals surface area contributed by atoms with Crippen LogP contribution in [0.3, 0.4) is 0 Å². The zero-order chi connectivity index (χ0) is 27.9. The van der Waals surface area contributed by atoms with Crippen molar-refractivity contribution in [3.05, 3.63) is 71.2 Å². The molecule has 1 aromatic heterocycles. The number of amides is 2. The van der Waals surface area contributed by atoms with E-state index in [0.717, 1.165) is 68.8 Å². The van der Waals surface area contributed by atoms with Crippen LogP contribution in [-0.2, 0) is 11.2 Å². The monoisotopic (exact) mass is 541 g/mol. The Morgan fingerprint density at radius 1 is 1.07 bits per heavy atom. The number of carbonyl (C=O) groups is 2. The van der Waals surface area contributed by atoms with Crippen molar-refractivity contribution in [3.63, 3.8) is 0 Å². The molecule has 3 aliphatic rings. The van der Waals surface area contributed by atoms with Crippen molar-refractivity contribution >= 4 is 11.8 Å². The van der Waals surface area contributed by atoms with E-state index in [4.69, 9.17) is 15.2 Å². The van der Waals surface area contributed by atoms with E-state index >= 15 is 0 Å². The number of likely N-dealkylation sites (tertiary alicyclic amines) is 2. The molecule has 2 amide bonds. The molecule has 0 bridgehead atoms. The zero-order valence-corrected chi connectivity index (χ0v) is 23.1. The molecule has 2 aromatic carbocycles. The molecule has 208 valence electrons. The fraction of sp³-hybridized carbons (Fsp3) is 0.419. The van der Waals surface area contributed by atoms with E-state index in [-0.39, 0.29) is 23.5 Å². The van der Waals surface area contributed by atoms with E-state index in [0.29, 0.717) is 17.5 Å². The highest BCUT2D eigenvalue weighted by molar-refractivity contribution is 5.96. The van der Waals surface area contributed by atoms with Crippen LogP contribution in [-0.4, -0.2) is 71.5 Å². The molecule has 0 radical (unpaired) electrons. The maximum absolute atomic E-state index is 12.9. The van der Waals surface area contributed by atoms with Crippen LogP contribution in [0.4, 0.5) is 0 Å². The van der Waals surface area contributed by atoms with Gasteiger partial charge in [0.2, 0.25) is 0 Å². The van der Waals surface area contributed by atoms with Gasteiger partial charge in [0.1, 0.15) is 17.8 Å². The Morgan fingerprint density at radius 3 is 2.60 bits per heavy atom. The molecule has 1 atom stereocenters. The van der Waals surface area contributed by atoms with E-state index in [1.54, 1.807) is 18.5 Å². The Kier molecular flexibility index (Phi) is 6.92. The largest absolute Gasteiger partial charge is 0.497 e. The third-order valence-corrected chi connectivity index (χ3v) is 8.79. The van der Waals surface area contributed by atoms with Gasteiger partial charge in [-0.2, -0.15) is 0 Å². The maximum atomic E-state index is 12.9. The molecule has 2 aliphatic heterocycles. The van der Waals surface area contributed by atoms with Crippen molar-refractivity contribution in [2.45, 2.75) is 38.6 Å². The smallest absolute Gasteiger partial charge is 0.260 e. The standard InChI is InChI=1S/C31H35N5O4/c1-20-13-26(34-19-33-20)22-3-6-24-21(14-22)4-7-27(24)36-17-31(18-36)9-11-35(12-10-31)29(37)16-40-28-8-5-23(39-2)15-25(28)30(32)38/h3,5-6,8,13-15,19,27H,4,7,9-12,16-18H2,1-2H3,(H2,32,38)/t27-/m1/s1. The van der Waals surface area contributed by atoms with Gasteiger partial charge in [0.25, 0.3) is 11.8 Å². The molecule has 9 nitrogen and oxygen atoms in total. The van der Waals surface area contributed by atoms with Gasteiger partial charge in [-0.15, -0.1) is 0 Å². The topological polar surface area (TPSA) is 111 Å². The zero-order valence-electron chi connectivity index (χ0n) is 23.1. The molecular weight excluding hydrogens is 506 g/mol. The number of nitrogens with zero attached hydrogens (tertiary/aromatic N) is 4. The van der Waals surface area contributed by atoms with Crippen molar-refractivity contribution < 1.29 is 19.1 Å². The number of hydrogen-bond acceptors (Lipinski definition) is 7. The van der Waals surface area contributed by atoms with Crippen LogP contribution in [0, 0.1) is 12.3 Å². The van der Waals surface area contributed by atoms with Gasteiger partial charge in [-0.25, -0.2) is 9.97 Å². The number of fused-ring (bicyclic) bond motifs is 1. The highest BCUT2D eigenvalue weighted by Gasteiger charge is 2.48. The number of rotatable bonds is 7. The van der Waals surface area contributed by atoms with Gasteiger partial charge in [0.05, 0.1) is 18.4 Å². The van der Waals surface area contributed by atoms with Gasteiger partial charge in [-0.3, -0.25) is 14.5 Å². The fourth-order valence-electron chi connectivity index (χ4n) is 6.51. The summed E-state index contributed by atoms with van der Waals surface area (Å²) in [6, 6.07) is 14.1. The number of aromatic nitrogens is 2. The Hall–Kier alpha value is -3.98. The Bertz CT molecular complexity index is 1440. The van der Waals surface area contributed by atoms with Gasteiger partial charge < -0.3 is 20.1 Å². The van der Waals surface area contributed by atoms with Crippen LogP contribution in [0.5, 0.6) is 11.5 Å². The summed E-state index contributed by atoms with van der Waals surface area (Å²) in [4.78, 5) is 37.9. The van der Waals surface area contributed by atoms with Crippen molar-refractivity contribution in [1.82, 2.24) is 19.8 Å². The number of nitrogens with two attached hydrogens (primary N) is 1. The average molecular weight is 542 g/mol. The van der Waals surface area contributed by atoms with E-state index in [9.17, 15) is 9.59 Å². The molecule has 6 rings (SSSR count). The van der Waals surface area contributed by atoms with E-state index < -0.39 is 5.91 Å². The molecule has 0 unspecified atom stereocenters. The molecule has 3 heterocycles. The SMILES string of the molecule is COc1ccc(OCC(=O)N2CCC3(CC2)CN([C@@H]2CCc4cc(-c5cc(C)ncn5)ccc42)C3)c(C(N)=O)c1. The van der Waals surface area contributed by atoms with Crippen LogP contribution in [0.2, 0.25) is 0 Å². The minimum absolute atomic E-state index is 0.0725. The summed E-state index contributed by atoms with van der Waals surface area (Å²) in [5.41, 5.74) is 12.0. The van der Waals surface area contributed by atoms with Crippen molar-refractivity contribution in [1.29, 1.82) is 0 Å². The number of piperidine rings is 1. The van der Waals surface area contributed by atoms with Gasteiger partial charge in [0, 0.05) is 43.5 Å². The lowest BCUT2D eigenvalue weighted by Gasteiger charge is -2.56. The minimum Gasteiger partial charge on any atom is -0.497 e. The van der Waals surface area contributed by atoms with Gasteiger partial charge in [0.15, 0.2) is 6.61 Å². The van der Waals surface area contributed by atoms with Crippen molar-refractivity contribution in [2.75, 3.05) is 39.9 Å². The summed E-state index contributed by atoms with van der Waals surface area (Å²) in [5, 5.41) is 0. The van der Waals surface area contributed by atoms with Crippen LogP contribution >= 0.6 is 0 Å². The lowest BCUT2D eigenvalue weighted by molar-refractivity contribution is -0.139. The van der Waals surface area contributed by atoms with Crippen LogP contribution in [0.1, 0.15) is 52.5 Å². The molecule has 9 heteroatoms. The second-order valence-electron chi connectivity index (χ2n) is 11.3. The number of aryl methyl sites for hydroxylation is 2. The third-order valence-electron chi connectivity index (χ3n) is 8.79. The van der Waals surface area contributed by atoms with Crippen LogP contribution in [0.25, 0.3) is 11.3 Å². The van der Waals surface area contributed by atoms with Gasteiger partial charge >= 0.3 is 0 Å². The normalized spacial score (nSPS) is 19.6. The molecule has 1 aliphatic carbocycles. The minimum atomic E-state index is -0.623. The summed E-state index contributed by atoms with van der Waals surface area (Å²) in [6.45, 7) is 5.48. The first-order chi connectivity index (χ1) is 19.3. The summed E-state index contributed by atoms with van der Waals surface area (Å²) in [5.74, 6) is 0.103. The third kappa shape index (κ3) is 5.01. The molecule has 40 heavy (non-hydrogen) atoms. The second kappa shape index (κ2) is 10.5. The first-order valence-corrected chi connectivity index (χ1v) is 13.9. The Balaban J connectivity index is 1.01. The Labute approximate surface area is 234 Å². The maximum Gasteiger partial charge on any atom is 0.260 e. The number of methoxy groups -OCH3 is 1. The molecule has 0 saturated carbocycles. The number of benzene rings is 2. The van der Waals surface area contributed by atoms with E-state index in [1.165, 1.54) is 24.3 Å². The summed E-state index contributed by atoms with van der Waals surface area (Å²) in [7, 11) is 1.51. The number of ether oxygens (including phenoxy) is 2. The Morgan fingerprint density at radius 2 is 1.88 bits per heavy atom. The summed E-state index contributed by atoms with van der Waals surface area (Å²) in [6.07, 6.45) is 5.87. The first-order valence-electron chi connectivity index (χ1n) is 13.9. The van der Waals surface area contributed by atoms with Crippen molar-refractivity contribution in [2.24, 2.45) is 11.1 Å². The fourth-order valence-corrected chi connectivity index (χ4v) is 6.51. The molecule has 2 saturated heterocycles. The molecule has 2 fully saturated rings. The summed E-state index contributed by atoms with van der Waals surface area (Å²) >= 11 is 0. The average Bonchev–Trinajstić information content (AvgIpc) is 3.37. The highest BCUT2D eigenvalue weighted by atomic mass is 16.5.